The lowest BCUT2D eigenvalue weighted by molar-refractivity contribution is -0.159. The molecule has 0 spiro atoms. The molecule has 0 aromatic rings. The molecule has 2 amide bonds. The largest absolute Gasteiger partial charge is 0.473 e. The second-order valence-electron chi connectivity index (χ2n) is 4.66. The number of hydrogen-bond donors (Lipinski definition) is 3. The highest BCUT2D eigenvalue weighted by Crippen LogP contribution is 2.09. The van der Waals surface area contributed by atoms with Gasteiger partial charge in [0, 0.05) is 39.1 Å². The average molecular weight is 301 g/mol. The van der Waals surface area contributed by atoms with Crippen molar-refractivity contribution in [2.45, 2.75) is 12.8 Å². The maximum Gasteiger partial charge on any atom is 0.414 e. The van der Waals surface area contributed by atoms with Crippen LogP contribution in [0.1, 0.15) is 12.8 Å². The molecule has 21 heavy (non-hydrogen) atoms. The first-order valence-corrected chi connectivity index (χ1v) is 6.64. The van der Waals surface area contributed by atoms with Gasteiger partial charge in [-0.3, -0.25) is 9.59 Å². The highest BCUT2D eigenvalue weighted by Gasteiger charge is 2.25. The second kappa shape index (κ2) is 8.20. The van der Waals surface area contributed by atoms with E-state index < -0.39 is 11.9 Å². The van der Waals surface area contributed by atoms with Crippen molar-refractivity contribution in [3.05, 3.63) is 0 Å². The van der Waals surface area contributed by atoms with Crippen LogP contribution in [0.2, 0.25) is 0 Å². The number of likely N-dealkylation sites (tertiary alicyclic amines) is 1. The van der Waals surface area contributed by atoms with Crippen LogP contribution in [-0.2, 0) is 19.2 Å². The van der Waals surface area contributed by atoms with Crippen LogP contribution in [-0.4, -0.2) is 83.0 Å². The van der Waals surface area contributed by atoms with E-state index in [1.54, 1.807) is 4.90 Å². The van der Waals surface area contributed by atoms with Crippen LogP contribution in [0.25, 0.3) is 0 Å². The molecule has 2 fully saturated rings. The van der Waals surface area contributed by atoms with Gasteiger partial charge in [0.1, 0.15) is 0 Å². The van der Waals surface area contributed by atoms with E-state index in [2.05, 4.69) is 5.32 Å². The Labute approximate surface area is 121 Å². The number of carbonyl (C=O) groups is 4. The molecule has 9 nitrogen and oxygen atoms in total. The van der Waals surface area contributed by atoms with Crippen molar-refractivity contribution in [2.75, 3.05) is 39.3 Å². The number of carboxylic acids is 2. The maximum absolute atomic E-state index is 11.8. The fraction of sp³-hybridized carbons (Fsp3) is 0.667. The molecule has 0 saturated carbocycles. The zero-order chi connectivity index (χ0) is 15.8. The van der Waals surface area contributed by atoms with Crippen LogP contribution in [0.4, 0.5) is 0 Å². The van der Waals surface area contributed by atoms with E-state index in [1.165, 1.54) is 0 Å². The van der Waals surface area contributed by atoms with Gasteiger partial charge in [-0.15, -0.1) is 0 Å². The van der Waals surface area contributed by atoms with Crippen molar-refractivity contribution in [3.63, 3.8) is 0 Å². The predicted octanol–water partition coefficient (Wildman–Crippen LogP) is -1.80. The molecule has 0 aliphatic carbocycles. The Bertz CT molecular complexity index is 407. The molecule has 2 rings (SSSR count). The van der Waals surface area contributed by atoms with Crippen molar-refractivity contribution in [2.24, 2.45) is 0 Å². The molecule has 0 aromatic heterocycles. The maximum atomic E-state index is 11.8. The third-order valence-corrected chi connectivity index (χ3v) is 3.15. The van der Waals surface area contributed by atoms with E-state index in [4.69, 9.17) is 19.8 Å². The summed E-state index contributed by atoms with van der Waals surface area (Å²) in [6.45, 7) is 4.27. The lowest BCUT2D eigenvalue weighted by atomic mass is 10.3. The summed E-state index contributed by atoms with van der Waals surface area (Å²) in [4.78, 5) is 44.8. The molecule has 2 heterocycles. The van der Waals surface area contributed by atoms with Crippen LogP contribution in [0, 0.1) is 0 Å². The molecule has 2 aliphatic heterocycles. The summed E-state index contributed by atoms with van der Waals surface area (Å²) < 4.78 is 0. The standard InChI is InChI=1S/C10H17N3O2.C2H2O4/c14-9-2-1-5-13(9)8-10(15)12-6-3-11-4-7-12;3-1(4)2(5)6/h11H,1-8H2;(H,3,4)(H,5,6). The smallest absolute Gasteiger partial charge is 0.414 e. The minimum Gasteiger partial charge on any atom is -0.473 e. The zero-order valence-electron chi connectivity index (χ0n) is 11.6. The van der Waals surface area contributed by atoms with Gasteiger partial charge in [-0.1, -0.05) is 0 Å². The SMILES string of the molecule is O=C(CN1CCCC1=O)N1CCNCC1.O=C(O)C(=O)O. The summed E-state index contributed by atoms with van der Waals surface area (Å²) in [5, 5.41) is 18.0. The molecule has 3 N–H and O–H groups in total. The minimum absolute atomic E-state index is 0.0896. The van der Waals surface area contributed by atoms with E-state index >= 15 is 0 Å². The van der Waals surface area contributed by atoms with Crippen molar-refractivity contribution >= 4 is 23.8 Å². The Morgan fingerprint density at radius 3 is 2.05 bits per heavy atom. The van der Waals surface area contributed by atoms with E-state index in [-0.39, 0.29) is 18.4 Å². The van der Waals surface area contributed by atoms with Crippen molar-refractivity contribution in [1.29, 1.82) is 0 Å². The number of piperazine rings is 1. The van der Waals surface area contributed by atoms with Gasteiger partial charge in [0.05, 0.1) is 6.54 Å². The summed E-state index contributed by atoms with van der Waals surface area (Å²) in [5.41, 5.74) is 0. The first kappa shape index (κ1) is 16.9. The lowest BCUT2D eigenvalue weighted by Crippen LogP contribution is -2.49. The molecule has 0 aromatic carbocycles. The number of nitrogens with one attached hydrogen (secondary N) is 1. The van der Waals surface area contributed by atoms with Gasteiger partial charge in [-0.25, -0.2) is 9.59 Å². The van der Waals surface area contributed by atoms with E-state index in [0.29, 0.717) is 6.42 Å². The third-order valence-electron chi connectivity index (χ3n) is 3.15. The van der Waals surface area contributed by atoms with Crippen molar-refractivity contribution < 1.29 is 29.4 Å². The van der Waals surface area contributed by atoms with E-state index in [0.717, 1.165) is 39.1 Å². The average Bonchev–Trinajstić information content (AvgIpc) is 2.86. The fourth-order valence-corrected chi connectivity index (χ4v) is 2.05. The molecule has 2 aliphatic rings. The van der Waals surface area contributed by atoms with Gasteiger partial charge in [0.25, 0.3) is 0 Å². The second-order valence-corrected chi connectivity index (χ2v) is 4.66. The molecule has 9 heteroatoms. The quantitative estimate of drug-likeness (QED) is 0.513. The van der Waals surface area contributed by atoms with Gasteiger partial charge in [0.15, 0.2) is 0 Å². The molecule has 0 atom stereocenters. The normalized spacial score (nSPS) is 18.0. The summed E-state index contributed by atoms with van der Waals surface area (Å²) >= 11 is 0. The van der Waals surface area contributed by atoms with Crippen LogP contribution < -0.4 is 5.32 Å². The van der Waals surface area contributed by atoms with Gasteiger partial charge >= 0.3 is 11.9 Å². The highest BCUT2D eigenvalue weighted by molar-refractivity contribution is 6.27. The van der Waals surface area contributed by atoms with Gasteiger partial charge in [-0.2, -0.15) is 0 Å². The first-order valence-electron chi connectivity index (χ1n) is 6.64. The summed E-state index contributed by atoms with van der Waals surface area (Å²) in [6.07, 6.45) is 1.50. The van der Waals surface area contributed by atoms with Crippen LogP contribution in [0.15, 0.2) is 0 Å². The van der Waals surface area contributed by atoms with Crippen molar-refractivity contribution in [1.82, 2.24) is 15.1 Å². The molecular formula is C12H19N3O6. The van der Waals surface area contributed by atoms with E-state index in [1.807, 2.05) is 4.90 Å². The Morgan fingerprint density at radius 1 is 1.05 bits per heavy atom. The Balaban J connectivity index is 0.000000315. The van der Waals surface area contributed by atoms with Crippen molar-refractivity contribution in [3.8, 4) is 0 Å². The molecule has 0 unspecified atom stereocenters. The monoisotopic (exact) mass is 301 g/mol. The van der Waals surface area contributed by atoms with Crippen LogP contribution >= 0.6 is 0 Å². The predicted molar refractivity (Wildman–Crippen MR) is 70.5 cm³/mol. The number of hydrogen-bond acceptors (Lipinski definition) is 5. The van der Waals surface area contributed by atoms with Gasteiger partial charge < -0.3 is 25.3 Å². The lowest BCUT2D eigenvalue weighted by Gasteiger charge is -2.29. The fourth-order valence-electron chi connectivity index (χ4n) is 2.05. The number of amides is 2. The first-order chi connectivity index (χ1) is 9.91. The third kappa shape index (κ3) is 5.78. The van der Waals surface area contributed by atoms with Crippen LogP contribution in [0.3, 0.4) is 0 Å². The van der Waals surface area contributed by atoms with Gasteiger partial charge in [0.2, 0.25) is 11.8 Å². The number of carbonyl (C=O) groups excluding carboxylic acids is 2. The number of aliphatic carboxylic acids is 2. The summed E-state index contributed by atoms with van der Waals surface area (Å²) in [7, 11) is 0. The van der Waals surface area contributed by atoms with E-state index in [9.17, 15) is 9.59 Å². The Morgan fingerprint density at radius 2 is 1.62 bits per heavy atom. The Hall–Kier alpha value is -2.16. The minimum atomic E-state index is -1.82. The number of nitrogens with zero attached hydrogens (tertiary/aromatic N) is 2. The molecule has 0 radical (unpaired) electrons. The number of carboxylic acid groups (broad SMARTS) is 2. The summed E-state index contributed by atoms with van der Waals surface area (Å²) in [6, 6.07) is 0. The molecule has 0 bridgehead atoms. The number of rotatable bonds is 2. The Kier molecular flexibility index (Phi) is 6.60. The van der Waals surface area contributed by atoms with Crippen LogP contribution in [0.5, 0.6) is 0 Å². The van der Waals surface area contributed by atoms with Gasteiger partial charge in [-0.05, 0) is 6.42 Å². The molecule has 2 saturated heterocycles. The topological polar surface area (TPSA) is 127 Å². The molecule has 118 valence electrons. The molecular weight excluding hydrogens is 282 g/mol. The zero-order valence-corrected chi connectivity index (χ0v) is 11.6. The summed E-state index contributed by atoms with van der Waals surface area (Å²) in [5.74, 6) is -3.43. The highest BCUT2D eigenvalue weighted by atomic mass is 16.4.